The number of halogens is 1. The smallest absolute Gasteiger partial charge is 0.256 e. The van der Waals surface area contributed by atoms with E-state index in [2.05, 4.69) is 10.3 Å². The van der Waals surface area contributed by atoms with E-state index in [1.54, 1.807) is 29.8 Å². The number of hydrogen-bond acceptors (Lipinski definition) is 3. The number of nitrogens with one attached hydrogen (secondary N) is 1. The summed E-state index contributed by atoms with van der Waals surface area (Å²) in [6.45, 7) is 0. The molecule has 0 saturated heterocycles. The molecule has 0 aliphatic rings. The number of fused-ring (bicyclic) bond motifs is 1. The van der Waals surface area contributed by atoms with Crippen LogP contribution in [0.25, 0.3) is 10.9 Å². The van der Waals surface area contributed by atoms with E-state index in [1.807, 2.05) is 5.38 Å². The Morgan fingerprint density at radius 3 is 2.95 bits per heavy atom. The number of hydrogen-bond donors (Lipinski definition) is 1. The SMILES string of the molecule is O=C(Nc1ccc(F)c2cccnc12)c1ccsc1. The summed E-state index contributed by atoms with van der Waals surface area (Å²) >= 11 is 1.45. The highest BCUT2D eigenvalue weighted by molar-refractivity contribution is 7.08. The number of benzene rings is 1. The maximum atomic E-state index is 13.6. The topological polar surface area (TPSA) is 42.0 Å². The first-order chi connectivity index (χ1) is 9.25. The predicted octanol–water partition coefficient (Wildman–Crippen LogP) is 3.69. The third-order valence-corrected chi connectivity index (χ3v) is 3.43. The monoisotopic (exact) mass is 272 g/mol. The summed E-state index contributed by atoms with van der Waals surface area (Å²) < 4.78 is 13.6. The number of anilines is 1. The van der Waals surface area contributed by atoms with Crippen LogP contribution in [-0.2, 0) is 0 Å². The van der Waals surface area contributed by atoms with Gasteiger partial charge in [-0.2, -0.15) is 11.3 Å². The molecule has 0 saturated carbocycles. The molecule has 1 amide bonds. The Hall–Kier alpha value is -2.27. The summed E-state index contributed by atoms with van der Waals surface area (Å²) in [4.78, 5) is 16.1. The van der Waals surface area contributed by atoms with Crippen molar-refractivity contribution in [3.8, 4) is 0 Å². The lowest BCUT2D eigenvalue weighted by Gasteiger charge is -2.07. The van der Waals surface area contributed by atoms with Crippen LogP contribution in [0.2, 0.25) is 0 Å². The summed E-state index contributed by atoms with van der Waals surface area (Å²) in [5.41, 5.74) is 1.54. The van der Waals surface area contributed by atoms with Crippen LogP contribution in [0.4, 0.5) is 10.1 Å². The van der Waals surface area contributed by atoms with Crippen molar-refractivity contribution in [2.45, 2.75) is 0 Å². The van der Waals surface area contributed by atoms with Gasteiger partial charge < -0.3 is 5.32 Å². The highest BCUT2D eigenvalue weighted by Gasteiger charge is 2.11. The number of carbonyl (C=O) groups is 1. The van der Waals surface area contributed by atoms with E-state index in [0.29, 0.717) is 22.2 Å². The van der Waals surface area contributed by atoms with E-state index < -0.39 is 0 Å². The van der Waals surface area contributed by atoms with Crippen molar-refractivity contribution in [3.05, 3.63) is 58.7 Å². The Kier molecular flexibility index (Phi) is 2.97. The second-order valence-corrected chi connectivity index (χ2v) is 4.74. The third kappa shape index (κ3) is 2.20. The minimum atomic E-state index is -0.350. The maximum Gasteiger partial charge on any atom is 0.256 e. The van der Waals surface area contributed by atoms with Gasteiger partial charge in [0.25, 0.3) is 5.91 Å². The van der Waals surface area contributed by atoms with Gasteiger partial charge in [0.1, 0.15) is 5.82 Å². The Labute approximate surface area is 112 Å². The molecule has 19 heavy (non-hydrogen) atoms. The van der Waals surface area contributed by atoms with Crippen molar-refractivity contribution in [1.29, 1.82) is 0 Å². The van der Waals surface area contributed by atoms with Crippen LogP contribution in [0, 0.1) is 5.82 Å². The standard InChI is InChI=1S/C14H9FN2OS/c15-11-3-4-12(13-10(11)2-1-6-16-13)17-14(18)9-5-7-19-8-9/h1-8H,(H,17,18). The average molecular weight is 272 g/mol. The Bertz CT molecular complexity index is 740. The molecule has 2 heterocycles. The fourth-order valence-electron chi connectivity index (χ4n) is 1.83. The molecule has 0 radical (unpaired) electrons. The zero-order chi connectivity index (χ0) is 13.2. The van der Waals surface area contributed by atoms with Gasteiger partial charge in [-0.3, -0.25) is 9.78 Å². The number of pyridine rings is 1. The summed E-state index contributed by atoms with van der Waals surface area (Å²) in [7, 11) is 0. The van der Waals surface area contributed by atoms with Crippen LogP contribution in [0.5, 0.6) is 0 Å². The fraction of sp³-hybridized carbons (Fsp3) is 0. The fourth-order valence-corrected chi connectivity index (χ4v) is 2.46. The van der Waals surface area contributed by atoms with Crippen LogP contribution >= 0.6 is 11.3 Å². The molecule has 0 bridgehead atoms. The van der Waals surface area contributed by atoms with Crippen molar-refractivity contribution in [3.63, 3.8) is 0 Å². The second-order valence-electron chi connectivity index (χ2n) is 3.96. The van der Waals surface area contributed by atoms with Gasteiger partial charge in [-0.15, -0.1) is 0 Å². The van der Waals surface area contributed by atoms with Gasteiger partial charge in [-0.1, -0.05) is 0 Å². The lowest BCUT2D eigenvalue weighted by molar-refractivity contribution is 0.102. The zero-order valence-corrected chi connectivity index (χ0v) is 10.6. The Balaban J connectivity index is 2.02. The quantitative estimate of drug-likeness (QED) is 0.773. The molecule has 5 heteroatoms. The van der Waals surface area contributed by atoms with E-state index in [9.17, 15) is 9.18 Å². The van der Waals surface area contributed by atoms with E-state index in [0.717, 1.165) is 0 Å². The molecule has 0 spiro atoms. The molecule has 2 aromatic heterocycles. The molecule has 0 aliphatic heterocycles. The summed E-state index contributed by atoms with van der Waals surface area (Å²) in [5.74, 6) is -0.573. The first-order valence-corrected chi connectivity index (χ1v) is 6.57. The summed E-state index contributed by atoms with van der Waals surface area (Å²) in [6.07, 6.45) is 1.57. The Morgan fingerprint density at radius 1 is 1.26 bits per heavy atom. The number of carbonyl (C=O) groups excluding carboxylic acids is 1. The first kappa shape index (κ1) is 11.8. The number of rotatable bonds is 2. The lowest BCUT2D eigenvalue weighted by atomic mass is 10.1. The van der Waals surface area contributed by atoms with Crippen LogP contribution in [-0.4, -0.2) is 10.9 Å². The highest BCUT2D eigenvalue weighted by atomic mass is 32.1. The third-order valence-electron chi connectivity index (χ3n) is 2.75. The molecule has 0 aliphatic carbocycles. The molecule has 1 aromatic carbocycles. The minimum absolute atomic E-state index is 0.222. The zero-order valence-electron chi connectivity index (χ0n) is 9.76. The van der Waals surface area contributed by atoms with Crippen LogP contribution in [0.15, 0.2) is 47.3 Å². The van der Waals surface area contributed by atoms with Gasteiger partial charge in [-0.05, 0) is 35.7 Å². The predicted molar refractivity (Wildman–Crippen MR) is 74.0 cm³/mol. The molecule has 0 unspecified atom stereocenters. The van der Waals surface area contributed by atoms with E-state index in [1.165, 1.54) is 23.5 Å². The number of thiophene rings is 1. The van der Waals surface area contributed by atoms with Crippen molar-refractivity contribution in [2.75, 3.05) is 5.32 Å². The molecule has 1 N–H and O–H groups in total. The highest BCUT2D eigenvalue weighted by Crippen LogP contribution is 2.24. The number of amides is 1. The number of nitrogens with zero attached hydrogens (tertiary/aromatic N) is 1. The first-order valence-electron chi connectivity index (χ1n) is 5.62. The average Bonchev–Trinajstić information content (AvgIpc) is 2.96. The van der Waals surface area contributed by atoms with Crippen LogP contribution in [0.3, 0.4) is 0 Å². The normalized spacial score (nSPS) is 10.6. The van der Waals surface area contributed by atoms with Gasteiger partial charge in [0.15, 0.2) is 0 Å². The maximum absolute atomic E-state index is 13.6. The second kappa shape index (κ2) is 4.78. The van der Waals surface area contributed by atoms with E-state index >= 15 is 0 Å². The molecule has 0 fully saturated rings. The van der Waals surface area contributed by atoms with E-state index in [-0.39, 0.29) is 11.7 Å². The molecule has 3 aromatic rings. The van der Waals surface area contributed by atoms with Gasteiger partial charge in [0.05, 0.1) is 16.8 Å². The van der Waals surface area contributed by atoms with Crippen LogP contribution in [0.1, 0.15) is 10.4 Å². The molecule has 3 nitrogen and oxygen atoms in total. The van der Waals surface area contributed by atoms with Crippen molar-refractivity contribution in [2.24, 2.45) is 0 Å². The molecule has 94 valence electrons. The van der Waals surface area contributed by atoms with Crippen molar-refractivity contribution < 1.29 is 9.18 Å². The Morgan fingerprint density at radius 2 is 2.16 bits per heavy atom. The number of aromatic nitrogens is 1. The lowest BCUT2D eigenvalue weighted by Crippen LogP contribution is -2.11. The van der Waals surface area contributed by atoms with Gasteiger partial charge in [0.2, 0.25) is 0 Å². The molecular weight excluding hydrogens is 263 g/mol. The summed E-state index contributed by atoms with van der Waals surface area (Å²) in [6, 6.07) is 7.88. The molecule has 3 rings (SSSR count). The summed E-state index contributed by atoms with van der Waals surface area (Å²) in [5, 5.41) is 6.73. The largest absolute Gasteiger partial charge is 0.320 e. The van der Waals surface area contributed by atoms with Gasteiger partial charge in [0, 0.05) is 17.0 Å². The molecule has 0 atom stereocenters. The van der Waals surface area contributed by atoms with E-state index in [4.69, 9.17) is 0 Å². The van der Waals surface area contributed by atoms with Gasteiger partial charge >= 0.3 is 0 Å². The molecular formula is C14H9FN2OS. The van der Waals surface area contributed by atoms with Crippen molar-refractivity contribution >= 4 is 33.8 Å². The minimum Gasteiger partial charge on any atom is -0.320 e. The van der Waals surface area contributed by atoms with Crippen molar-refractivity contribution in [1.82, 2.24) is 4.98 Å². The van der Waals surface area contributed by atoms with Gasteiger partial charge in [-0.25, -0.2) is 4.39 Å². The van der Waals surface area contributed by atoms with Crippen LogP contribution < -0.4 is 5.32 Å².